The molecule has 0 fully saturated rings. The van der Waals surface area contributed by atoms with Crippen LogP contribution in [0.25, 0.3) is 11.1 Å². The lowest BCUT2D eigenvalue weighted by Crippen LogP contribution is -2.36. The Bertz CT molecular complexity index is 1670. The standard InChI is InChI=1S/C34H24N2O/c1-35-21-22-20-23(18-19-24(22)33(35)37)36-31-16-8-6-14-29(31)34(30-15-7-9-17-32(30)36)27-12-4-2-10-25(27)26-11-3-5-13-28(26)34/h2-20H,21H2,1H3. The molecular weight excluding hydrogens is 452 g/mol. The van der Waals surface area contributed by atoms with Crippen LogP contribution in [0.15, 0.2) is 115 Å². The van der Waals surface area contributed by atoms with Gasteiger partial charge in [-0.15, -0.1) is 0 Å². The van der Waals surface area contributed by atoms with Gasteiger partial charge in [0, 0.05) is 24.8 Å². The van der Waals surface area contributed by atoms with E-state index in [2.05, 4.69) is 114 Å². The van der Waals surface area contributed by atoms with E-state index in [9.17, 15) is 4.79 Å². The van der Waals surface area contributed by atoms with Gasteiger partial charge >= 0.3 is 0 Å². The third-order valence-corrected chi connectivity index (χ3v) is 8.38. The minimum Gasteiger partial charge on any atom is -0.337 e. The van der Waals surface area contributed by atoms with Gasteiger partial charge in [-0.1, -0.05) is 84.9 Å². The summed E-state index contributed by atoms with van der Waals surface area (Å²) in [5, 5.41) is 0. The minimum absolute atomic E-state index is 0.0964. The van der Waals surface area contributed by atoms with E-state index >= 15 is 0 Å². The van der Waals surface area contributed by atoms with E-state index in [4.69, 9.17) is 0 Å². The van der Waals surface area contributed by atoms with E-state index in [1.54, 1.807) is 4.90 Å². The molecule has 2 aliphatic heterocycles. The summed E-state index contributed by atoms with van der Waals surface area (Å²) in [7, 11) is 1.87. The van der Waals surface area contributed by atoms with Gasteiger partial charge in [0.05, 0.1) is 16.8 Å². The molecule has 3 nitrogen and oxygen atoms in total. The molecule has 0 N–H and O–H groups in total. The first-order chi connectivity index (χ1) is 18.2. The quantitative estimate of drug-likeness (QED) is 0.246. The van der Waals surface area contributed by atoms with Gasteiger partial charge in [-0.05, 0) is 69.3 Å². The third-order valence-electron chi connectivity index (χ3n) is 8.38. The number of para-hydroxylation sites is 2. The molecule has 2 heterocycles. The highest BCUT2D eigenvalue weighted by atomic mass is 16.2. The van der Waals surface area contributed by atoms with Gasteiger partial charge < -0.3 is 9.80 Å². The highest BCUT2D eigenvalue weighted by molar-refractivity contribution is 6.00. The molecule has 5 aromatic rings. The molecule has 5 aromatic carbocycles. The average molecular weight is 477 g/mol. The second-order valence-electron chi connectivity index (χ2n) is 10.2. The predicted molar refractivity (Wildman–Crippen MR) is 148 cm³/mol. The lowest BCUT2D eigenvalue weighted by atomic mass is 9.64. The van der Waals surface area contributed by atoms with Crippen molar-refractivity contribution in [1.29, 1.82) is 0 Å². The summed E-state index contributed by atoms with van der Waals surface area (Å²) in [6, 6.07) is 41.7. The van der Waals surface area contributed by atoms with E-state index in [1.807, 2.05) is 13.1 Å². The number of anilines is 3. The van der Waals surface area contributed by atoms with E-state index in [1.165, 1.54) is 44.8 Å². The number of fused-ring (bicyclic) bond motifs is 10. The molecule has 0 bridgehead atoms. The molecule has 0 saturated carbocycles. The summed E-state index contributed by atoms with van der Waals surface area (Å²) < 4.78 is 0. The maximum atomic E-state index is 12.6. The number of carbonyl (C=O) groups excluding carboxylic acids is 1. The number of hydrogen-bond acceptors (Lipinski definition) is 2. The average Bonchev–Trinajstić information content (AvgIpc) is 3.40. The van der Waals surface area contributed by atoms with Gasteiger partial charge in [-0.2, -0.15) is 0 Å². The van der Waals surface area contributed by atoms with Crippen LogP contribution < -0.4 is 4.90 Å². The van der Waals surface area contributed by atoms with Gasteiger partial charge in [-0.25, -0.2) is 0 Å². The fraction of sp³-hybridized carbons (Fsp3) is 0.0882. The highest BCUT2D eigenvalue weighted by Crippen LogP contribution is 2.63. The normalized spacial score (nSPS) is 15.8. The van der Waals surface area contributed by atoms with Crippen LogP contribution >= 0.6 is 0 Å². The maximum Gasteiger partial charge on any atom is 0.254 e. The largest absolute Gasteiger partial charge is 0.337 e. The number of nitrogens with zero attached hydrogens (tertiary/aromatic N) is 2. The summed E-state index contributed by atoms with van der Waals surface area (Å²) in [4.78, 5) is 16.8. The maximum absolute atomic E-state index is 12.6. The van der Waals surface area contributed by atoms with Gasteiger partial charge in [0.25, 0.3) is 5.91 Å². The molecule has 0 unspecified atom stereocenters. The molecule has 3 aliphatic rings. The molecule has 37 heavy (non-hydrogen) atoms. The third kappa shape index (κ3) is 2.48. The number of rotatable bonds is 1. The Balaban J connectivity index is 1.46. The van der Waals surface area contributed by atoms with Crippen LogP contribution in [0, 0.1) is 0 Å². The van der Waals surface area contributed by atoms with Crippen LogP contribution in [0.4, 0.5) is 17.1 Å². The summed E-state index contributed by atoms with van der Waals surface area (Å²) in [6.45, 7) is 0.643. The first-order valence-corrected chi connectivity index (χ1v) is 12.8. The second-order valence-corrected chi connectivity index (χ2v) is 10.2. The van der Waals surface area contributed by atoms with Crippen molar-refractivity contribution in [1.82, 2.24) is 4.90 Å². The molecule has 1 spiro atoms. The summed E-state index contributed by atoms with van der Waals surface area (Å²) >= 11 is 0. The molecule has 3 heteroatoms. The first-order valence-electron chi connectivity index (χ1n) is 12.8. The lowest BCUT2D eigenvalue weighted by Gasteiger charge is -2.45. The van der Waals surface area contributed by atoms with Crippen molar-refractivity contribution in [3.63, 3.8) is 0 Å². The Morgan fingerprint density at radius 3 is 1.70 bits per heavy atom. The van der Waals surface area contributed by atoms with Crippen LogP contribution in [0.3, 0.4) is 0 Å². The fourth-order valence-corrected chi connectivity index (χ4v) is 6.93. The van der Waals surface area contributed by atoms with Crippen molar-refractivity contribution in [2.24, 2.45) is 0 Å². The van der Waals surface area contributed by atoms with Crippen molar-refractivity contribution < 1.29 is 4.79 Å². The van der Waals surface area contributed by atoms with Crippen LogP contribution in [0.5, 0.6) is 0 Å². The molecule has 0 radical (unpaired) electrons. The van der Waals surface area contributed by atoms with Gasteiger partial charge in [0.1, 0.15) is 0 Å². The number of benzene rings is 5. The Morgan fingerprint density at radius 1 is 0.595 bits per heavy atom. The number of amides is 1. The summed E-state index contributed by atoms with van der Waals surface area (Å²) in [6.07, 6.45) is 0. The highest BCUT2D eigenvalue weighted by Gasteiger charge is 2.51. The molecule has 1 aliphatic carbocycles. The van der Waals surface area contributed by atoms with Crippen molar-refractivity contribution >= 4 is 23.0 Å². The summed E-state index contributed by atoms with van der Waals surface area (Å²) in [5.74, 6) is 0.0964. The smallest absolute Gasteiger partial charge is 0.254 e. The Kier molecular flexibility index (Phi) is 4.00. The van der Waals surface area contributed by atoms with Crippen molar-refractivity contribution in [3.05, 3.63) is 149 Å². The zero-order valence-electron chi connectivity index (χ0n) is 20.5. The first kappa shape index (κ1) is 20.6. The Morgan fingerprint density at radius 2 is 1.11 bits per heavy atom. The lowest BCUT2D eigenvalue weighted by molar-refractivity contribution is 0.0816. The van der Waals surface area contributed by atoms with Crippen molar-refractivity contribution in [3.8, 4) is 11.1 Å². The zero-order valence-corrected chi connectivity index (χ0v) is 20.5. The topological polar surface area (TPSA) is 23.6 Å². The van der Waals surface area contributed by atoms with E-state index in [-0.39, 0.29) is 5.91 Å². The van der Waals surface area contributed by atoms with E-state index in [0.29, 0.717) is 6.54 Å². The Labute approximate surface area is 216 Å². The van der Waals surface area contributed by atoms with Gasteiger partial charge in [-0.3, -0.25) is 4.79 Å². The monoisotopic (exact) mass is 476 g/mol. The summed E-state index contributed by atoms with van der Waals surface area (Å²) in [5.41, 5.74) is 12.7. The van der Waals surface area contributed by atoms with Crippen molar-refractivity contribution in [2.45, 2.75) is 12.0 Å². The molecule has 0 saturated heterocycles. The SMILES string of the molecule is CN1Cc2cc(N3c4ccccc4C4(c5ccccc5-c5ccccc54)c4ccccc43)ccc2C1=O. The minimum atomic E-state index is -0.399. The van der Waals surface area contributed by atoms with Gasteiger partial charge in [0.2, 0.25) is 0 Å². The van der Waals surface area contributed by atoms with Crippen molar-refractivity contribution in [2.75, 3.05) is 11.9 Å². The Hall–Kier alpha value is -4.63. The fourth-order valence-electron chi connectivity index (χ4n) is 6.93. The molecule has 0 aromatic heterocycles. The van der Waals surface area contributed by atoms with Crippen LogP contribution in [0.2, 0.25) is 0 Å². The molecular formula is C34H24N2O. The number of hydrogen-bond donors (Lipinski definition) is 0. The molecule has 0 atom stereocenters. The van der Waals surface area contributed by atoms with Crippen LogP contribution in [0.1, 0.15) is 38.2 Å². The second kappa shape index (κ2) is 7.21. The van der Waals surface area contributed by atoms with Crippen LogP contribution in [-0.2, 0) is 12.0 Å². The van der Waals surface area contributed by atoms with E-state index < -0.39 is 5.41 Å². The van der Waals surface area contributed by atoms with Gasteiger partial charge in [0.15, 0.2) is 0 Å². The zero-order chi connectivity index (χ0) is 24.7. The molecule has 1 amide bonds. The number of carbonyl (C=O) groups is 1. The molecule has 176 valence electrons. The van der Waals surface area contributed by atoms with E-state index in [0.717, 1.165) is 16.8 Å². The predicted octanol–water partition coefficient (Wildman–Crippen LogP) is 7.42. The molecule has 8 rings (SSSR count). The van der Waals surface area contributed by atoms with Crippen LogP contribution in [-0.4, -0.2) is 17.9 Å².